The molecular weight excluding hydrogens is 289 g/mol. The zero-order valence-corrected chi connectivity index (χ0v) is 11.2. The van der Waals surface area contributed by atoms with Crippen molar-refractivity contribution in [1.82, 2.24) is 15.0 Å². The summed E-state index contributed by atoms with van der Waals surface area (Å²) in [7, 11) is 0. The van der Waals surface area contributed by atoms with Gasteiger partial charge in [0.2, 0.25) is 0 Å². The van der Waals surface area contributed by atoms with Crippen LogP contribution in [0.4, 0.5) is 0 Å². The van der Waals surface area contributed by atoms with Gasteiger partial charge in [-0.1, -0.05) is 17.7 Å². The molecule has 0 amide bonds. The zero-order valence-electron chi connectivity index (χ0n) is 8.83. The van der Waals surface area contributed by atoms with Crippen molar-refractivity contribution in [3.05, 3.63) is 39.2 Å². The van der Waals surface area contributed by atoms with Gasteiger partial charge in [0.15, 0.2) is 5.82 Å². The molecule has 0 aliphatic rings. The first kappa shape index (κ1) is 11.5. The van der Waals surface area contributed by atoms with Crippen LogP contribution in [0.15, 0.2) is 22.8 Å². The van der Waals surface area contributed by atoms with E-state index in [2.05, 4.69) is 30.9 Å². The number of hydrogen-bond acceptors (Lipinski definition) is 3. The molecule has 0 aliphatic carbocycles. The van der Waals surface area contributed by atoms with Gasteiger partial charge in [-0.25, -0.2) is 9.97 Å². The highest BCUT2D eigenvalue weighted by Crippen LogP contribution is 2.25. The summed E-state index contributed by atoms with van der Waals surface area (Å²) in [5.41, 5.74) is 2.63. The smallest absolute Gasteiger partial charge is 0.179 e. The maximum atomic E-state index is 5.97. The lowest BCUT2D eigenvalue weighted by Gasteiger charge is -2.04. The maximum Gasteiger partial charge on any atom is 0.179 e. The molecule has 0 aliphatic heterocycles. The third-order valence-electron chi connectivity index (χ3n) is 2.12. The summed E-state index contributed by atoms with van der Waals surface area (Å²) >= 11 is 9.29. The average Bonchev–Trinajstić information content (AvgIpc) is 2.26. The normalized spacial score (nSPS) is 10.5. The second-order valence-electron chi connectivity index (χ2n) is 3.46. The number of rotatable bonds is 1. The van der Waals surface area contributed by atoms with Gasteiger partial charge >= 0.3 is 0 Å². The first-order valence-electron chi connectivity index (χ1n) is 4.70. The lowest BCUT2D eigenvalue weighted by atomic mass is 10.2. The summed E-state index contributed by atoms with van der Waals surface area (Å²) in [5.74, 6) is 0.547. The van der Waals surface area contributed by atoms with Crippen LogP contribution in [0.3, 0.4) is 0 Å². The largest absolute Gasteiger partial charge is 0.253 e. The Bertz CT molecular complexity index is 502. The van der Waals surface area contributed by atoms with E-state index in [0.29, 0.717) is 11.0 Å². The van der Waals surface area contributed by atoms with Gasteiger partial charge in [-0.15, -0.1) is 0 Å². The summed E-state index contributed by atoms with van der Waals surface area (Å²) in [4.78, 5) is 12.8. The highest BCUT2D eigenvalue weighted by atomic mass is 79.9. The first-order chi connectivity index (χ1) is 7.58. The number of pyridine rings is 1. The van der Waals surface area contributed by atoms with E-state index in [4.69, 9.17) is 11.6 Å². The summed E-state index contributed by atoms with van der Waals surface area (Å²) in [6.07, 6.45) is 1.78. The van der Waals surface area contributed by atoms with E-state index in [-0.39, 0.29) is 0 Å². The van der Waals surface area contributed by atoms with E-state index >= 15 is 0 Å². The Labute approximate surface area is 107 Å². The Hall–Kier alpha value is -1.00. The predicted molar refractivity (Wildman–Crippen MR) is 67.4 cm³/mol. The molecule has 0 radical (unpaired) electrons. The zero-order chi connectivity index (χ0) is 11.7. The fourth-order valence-electron chi connectivity index (χ4n) is 1.24. The SMILES string of the molecule is Cc1ccc(-c2nc(C)c(Br)c(Cl)n2)nc1. The van der Waals surface area contributed by atoms with Gasteiger partial charge in [0.05, 0.1) is 10.2 Å². The minimum absolute atomic E-state index is 0.407. The Balaban J connectivity index is 2.52. The highest BCUT2D eigenvalue weighted by molar-refractivity contribution is 9.10. The van der Waals surface area contributed by atoms with Crippen molar-refractivity contribution < 1.29 is 0 Å². The Kier molecular flexibility index (Phi) is 3.21. The van der Waals surface area contributed by atoms with Gasteiger partial charge in [-0.05, 0) is 41.4 Å². The van der Waals surface area contributed by atoms with E-state index in [1.54, 1.807) is 6.20 Å². The molecule has 5 heteroatoms. The molecule has 0 atom stereocenters. The van der Waals surface area contributed by atoms with Gasteiger partial charge in [0.1, 0.15) is 10.8 Å². The minimum Gasteiger partial charge on any atom is -0.253 e. The van der Waals surface area contributed by atoms with Gasteiger partial charge in [-0.3, -0.25) is 4.98 Å². The fourth-order valence-corrected chi connectivity index (χ4v) is 1.63. The standard InChI is InChI=1S/C11H9BrClN3/c1-6-3-4-8(14-5-6)11-15-7(2)9(12)10(13)16-11/h3-5H,1-2H3. The van der Waals surface area contributed by atoms with E-state index in [1.807, 2.05) is 26.0 Å². The molecule has 2 heterocycles. The lowest BCUT2D eigenvalue weighted by Crippen LogP contribution is -1.96. The van der Waals surface area contributed by atoms with Crippen molar-refractivity contribution >= 4 is 27.5 Å². The molecule has 0 saturated carbocycles. The van der Waals surface area contributed by atoms with E-state index in [1.165, 1.54) is 0 Å². The van der Waals surface area contributed by atoms with Crippen LogP contribution in [0.1, 0.15) is 11.3 Å². The Morgan fingerprint density at radius 2 is 1.94 bits per heavy atom. The lowest BCUT2D eigenvalue weighted by molar-refractivity contribution is 1.07. The molecule has 0 saturated heterocycles. The molecule has 16 heavy (non-hydrogen) atoms. The third kappa shape index (κ3) is 2.23. The molecule has 2 rings (SSSR count). The first-order valence-corrected chi connectivity index (χ1v) is 5.87. The number of hydrogen-bond donors (Lipinski definition) is 0. The third-order valence-corrected chi connectivity index (χ3v) is 3.57. The number of nitrogens with zero attached hydrogens (tertiary/aromatic N) is 3. The number of halogens is 2. The summed E-state index contributed by atoms with van der Waals surface area (Å²) < 4.78 is 0.727. The molecule has 0 spiro atoms. The van der Waals surface area contributed by atoms with Crippen molar-refractivity contribution in [2.24, 2.45) is 0 Å². The molecule has 0 N–H and O–H groups in total. The molecule has 2 aromatic heterocycles. The van der Waals surface area contributed by atoms with Crippen LogP contribution in [0.2, 0.25) is 5.15 Å². The minimum atomic E-state index is 0.407. The second kappa shape index (κ2) is 4.47. The van der Waals surface area contributed by atoms with Crippen LogP contribution in [-0.2, 0) is 0 Å². The van der Waals surface area contributed by atoms with Crippen molar-refractivity contribution in [2.45, 2.75) is 13.8 Å². The molecule has 3 nitrogen and oxygen atoms in total. The molecule has 0 aromatic carbocycles. The van der Waals surface area contributed by atoms with Gasteiger partial charge in [0, 0.05) is 6.20 Å². The number of aryl methyl sites for hydroxylation is 2. The maximum absolute atomic E-state index is 5.97. The molecule has 82 valence electrons. The van der Waals surface area contributed by atoms with Crippen LogP contribution in [0.25, 0.3) is 11.5 Å². The van der Waals surface area contributed by atoms with Crippen LogP contribution in [-0.4, -0.2) is 15.0 Å². The summed E-state index contributed by atoms with van der Waals surface area (Å²) in [6, 6.07) is 3.85. The summed E-state index contributed by atoms with van der Waals surface area (Å²) in [5, 5.41) is 0.407. The molecule has 2 aromatic rings. The molecule has 0 unspecified atom stereocenters. The second-order valence-corrected chi connectivity index (χ2v) is 4.61. The van der Waals surface area contributed by atoms with Crippen LogP contribution in [0.5, 0.6) is 0 Å². The van der Waals surface area contributed by atoms with Gasteiger partial charge < -0.3 is 0 Å². The fraction of sp³-hybridized carbons (Fsp3) is 0.182. The highest BCUT2D eigenvalue weighted by Gasteiger charge is 2.09. The monoisotopic (exact) mass is 297 g/mol. The van der Waals surface area contributed by atoms with Gasteiger partial charge in [0.25, 0.3) is 0 Å². The van der Waals surface area contributed by atoms with E-state index in [9.17, 15) is 0 Å². The van der Waals surface area contributed by atoms with Crippen LogP contribution < -0.4 is 0 Å². The molecule has 0 fully saturated rings. The predicted octanol–water partition coefficient (Wildman–Crippen LogP) is 3.57. The molecular formula is C11H9BrClN3. The van der Waals surface area contributed by atoms with E-state index in [0.717, 1.165) is 21.4 Å². The Morgan fingerprint density at radius 1 is 1.19 bits per heavy atom. The quantitative estimate of drug-likeness (QED) is 0.755. The van der Waals surface area contributed by atoms with Crippen molar-refractivity contribution in [1.29, 1.82) is 0 Å². The topological polar surface area (TPSA) is 38.7 Å². The van der Waals surface area contributed by atoms with Crippen molar-refractivity contribution in [2.75, 3.05) is 0 Å². The van der Waals surface area contributed by atoms with Crippen LogP contribution >= 0.6 is 27.5 Å². The average molecular weight is 299 g/mol. The van der Waals surface area contributed by atoms with Crippen molar-refractivity contribution in [3.63, 3.8) is 0 Å². The van der Waals surface area contributed by atoms with Crippen molar-refractivity contribution in [3.8, 4) is 11.5 Å². The van der Waals surface area contributed by atoms with E-state index < -0.39 is 0 Å². The Morgan fingerprint density at radius 3 is 2.50 bits per heavy atom. The number of aromatic nitrogens is 3. The van der Waals surface area contributed by atoms with Gasteiger partial charge in [-0.2, -0.15) is 0 Å². The summed E-state index contributed by atoms with van der Waals surface area (Å²) in [6.45, 7) is 3.85. The van der Waals surface area contributed by atoms with Crippen LogP contribution in [0, 0.1) is 13.8 Å². The molecule has 0 bridgehead atoms.